The molecule has 1 amide bonds. The standard InChI is InChI=1S/C15H24N6O/c1-9(2)14-16-12(20(6)18-14)7-13(22)17-15-11(5)8-21(19-15)10(3)4/h8-10H,7H2,1-6H3,(H,17,19,22). The molecule has 120 valence electrons. The molecule has 0 aliphatic heterocycles. The first-order chi connectivity index (χ1) is 10.3. The molecule has 0 saturated carbocycles. The number of nitrogens with one attached hydrogen (secondary N) is 1. The molecule has 0 aromatic carbocycles. The van der Waals surface area contributed by atoms with E-state index in [-0.39, 0.29) is 24.3 Å². The molecule has 0 atom stereocenters. The second-order valence-electron chi connectivity index (χ2n) is 6.12. The fourth-order valence-electron chi connectivity index (χ4n) is 2.03. The molecule has 0 fully saturated rings. The van der Waals surface area contributed by atoms with Crippen molar-refractivity contribution in [2.45, 2.75) is 53.0 Å². The lowest BCUT2D eigenvalue weighted by Crippen LogP contribution is -2.18. The largest absolute Gasteiger partial charge is 0.309 e. The highest BCUT2D eigenvalue weighted by Crippen LogP contribution is 2.15. The highest BCUT2D eigenvalue weighted by atomic mass is 16.1. The van der Waals surface area contributed by atoms with Crippen LogP contribution in [0, 0.1) is 6.92 Å². The van der Waals surface area contributed by atoms with Crippen molar-refractivity contribution in [3.05, 3.63) is 23.4 Å². The topological polar surface area (TPSA) is 77.6 Å². The number of aryl methyl sites for hydroxylation is 2. The molecule has 0 unspecified atom stereocenters. The van der Waals surface area contributed by atoms with E-state index in [1.807, 2.05) is 45.5 Å². The minimum absolute atomic E-state index is 0.136. The summed E-state index contributed by atoms with van der Waals surface area (Å²) in [5, 5.41) is 11.6. The van der Waals surface area contributed by atoms with E-state index >= 15 is 0 Å². The number of carbonyl (C=O) groups excluding carboxylic acids is 1. The van der Waals surface area contributed by atoms with Gasteiger partial charge in [-0.3, -0.25) is 14.2 Å². The number of carbonyl (C=O) groups is 1. The Balaban J connectivity index is 2.07. The molecule has 2 aromatic rings. The highest BCUT2D eigenvalue weighted by Gasteiger charge is 2.15. The van der Waals surface area contributed by atoms with Gasteiger partial charge in [0.2, 0.25) is 5.91 Å². The van der Waals surface area contributed by atoms with Gasteiger partial charge in [-0.05, 0) is 20.8 Å². The van der Waals surface area contributed by atoms with Crippen molar-refractivity contribution in [2.75, 3.05) is 5.32 Å². The van der Waals surface area contributed by atoms with Crippen LogP contribution < -0.4 is 5.32 Å². The highest BCUT2D eigenvalue weighted by molar-refractivity contribution is 5.91. The van der Waals surface area contributed by atoms with Gasteiger partial charge in [-0.1, -0.05) is 13.8 Å². The summed E-state index contributed by atoms with van der Waals surface area (Å²) >= 11 is 0. The van der Waals surface area contributed by atoms with E-state index in [2.05, 4.69) is 20.5 Å². The van der Waals surface area contributed by atoms with Crippen LogP contribution in [-0.2, 0) is 18.3 Å². The van der Waals surface area contributed by atoms with Gasteiger partial charge in [0.05, 0.1) is 6.42 Å². The SMILES string of the molecule is Cc1cn(C(C)C)nc1NC(=O)Cc1nc(C(C)C)nn1C. The molecular formula is C15H24N6O. The van der Waals surface area contributed by atoms with Crippen LogP contribution in [0.4, 0.5) is 5.82 Å². The van der Waals surface area contributed by atoms with Crippen molar-refractivity contribution in [1.29, 1.82) is 0 Å². The molecule has 2 aromatic heterocycles. The predicted octanol–water partition coefficient (Wildman–Crippen LogP) is 2.21. The van der Waals surface area contributed by atoms with Crippen molar-refractivity contribution >= 4 is 11.7 Å². The third-order valence-electron chi connectivity index (χ3n) is 3.41. The Morgan fingerprint density at radius 2 is 1.95 bits per heavy atom. The second-order valence-corrected chi connectivity index (χ2v) is 6.12. The minimum atomic E-state index is -0.136. The van der Waals surface area contributed by atoms with Gasteiger partial charge in [0.1, 0.15) is 5.82 Å². The van der Waals surface area contributed by atoms with Crippen LogP contribution in [0.15, 0.2) is 6.20 Å². The maximum absolute atomic E-state index is 12.2. The zero-order valence-electron chi connectivity index (χ0n) is 14.1. The summed E-state index contributed by atoms with van der Waals surface area (Å²) < 4.78 is 3.50. The maximum atomic E-state index is 12.2. The monoisotopic (exact) mass is 304 g/mol. The van der Waals surface area contributed by atoms with Gasteiger partial charge in [0, 0.05) is 30.8 Å². The Bertz CT molecular complexity index is 611. The first-order valence-corrected chi connectivity index (χ1v) is 7.53. The van der Waals surface area contributed by atoms with Crippen LogP contribution in [0.25, 0.3) is 0 Å². The van der Waals surface area contributed by atoms with E-state index in [1.54, 1.807) is 11.7 Å². The molecule has 0 bridgehead atoms. The second kappa shape index (κ2) is 6.29. The average molecular weight is 304 g/mol. The average Bonchev–Trinajstić information content (AvgIpc) is 2.95. The number of amides is 1. The lowest BCUT2D eigenvalue weighted by molar-refractivity contribution is -0.115. The van der Waals surface area contributed by atoms with Gasteiger partial charge >= 0.3 is 0 Å². The molecule has 7 heteroatoms. The van der Waals surface area contributed by atoms with Gasteiger partial charge < -0.3 is 5.32 Å². The van der Waals surface area contributed by atoms with E-state index in [0.29, 0.717) is 11.6 Å². The normalized spacial score (nSPS) is 11.5. The van der Waals surface area contributed by atoms with Crippen LogP contribution >= 0.6 is 0 Å². The van der Waals surface area contributed by atoms with Gasteiger partial charge in [0.25, 0.3) is 0 Å². The maximum Gasteiger partial charge on any atom is 0.233 e. The number of aromatic nitrogens is 5. The van der Waals surface area contributed by atoms with E-state index in [1.165, 1.54) is 0 Å². The van der Waals surface area contributed by atoms with E-state index < -0.39 is 0 Å². The lowest BCUT2D eigenvalue weighted by atomic mass is 10.2. The zero-order chi connectivity index (χ0) is 16.4. The molecule has 7 nitrogen and oxygen atoms in total. The molecule has 0 spiro atoms. The van der Waals surface area contributed by atoms with Crippen molar-refractivity contribution < 1.29 is 4.79 Å². The third-order valence-corrected chi connectivity index (χ3v) is 3.41. The molecule has 0 aliphatic rings. The van der Waals surface area contributed by atoms with Crippen molar-refractivity contribution in [2.24, 2.45) is 7.05 Å². The zero-order valence-corrected chi connectivity index (χ0v) is 14.1. The number of nitrogens with zero attached hydrogens (tertiary/aromatic N) is 5. The van der Waals surface area contributed by atoms with Crippen LogP contribution in [0.2, 0.25) is 0 Å². The van der Waals surface area contributed by atoms with Crippen LogP contribution in [0.1, 0.15) is 56.9 Å². The molecule has 1 N–H and O–H groups in total. The molecule has 2 rings (SSSR count). The number of anilines is 1. The number of hydrogen-bond donors (Lipinski definition) is 1. The summed E-state index contributed by atoms with van der Waals surface area (Å²) in [6.07, 6.45) is 2.11. The Hall–Kier alpha value is -2.18. The number of rotatable bonds is 5. The summed E-state index contributed by atoms with van der Waals surface area (Å²) in [6.45, 7) is 10.1. The van der Waals surface area contributed by atoms with Crippen molar-refractivity contribution in [3.8, 4) is 0 Å². The van der Waals surface area contributed by atoms with E-state index in [4.69, 9.17) is 0 Å². The van der Waals surface area contributed by atoms with Gasteiger partial charge in [-0.15, -0.1) is 0 Å². The quantitative estimate of drug-likeness (QED) is 0.918. The van der Waals surface area contributed by atoms with Gasteiger partial charge in [-0.2, -0.15) is 10.2 Å². The summed E-state index contributed by atoms with van der Waals surface area (Å²) in [6, 6.07) is 0.261. The van der Waals surface area contributed by atoms with Gasteiger partial charge in [-0.25, -0.2) is 4.98 Å². The summed E-state index contributed by atoms with van der Waals surface area (Å²) in [7, 11) is 1.81. The predicted molar refractivity (Wildman–Crippen MR) is 84.8 cm³/mol. The van der Waals surface area contributed by atoms with Crippen molar-refractivity contribution in [1.82, 2.24) is 24.5 Å². The molecule has 22 heavy (non-hydrogen) atoms. The first-order valence-electron chi connectivity index (χ1n) is 7.53. The molecule has 0 radical (unpaired) electrons. The Morgan fingerprint density at radius 1 is 1.27 bits per heavy atom. The third kappa shape index (κ3) is 3.52. The van der Waals surface area contributed by atoms with Crippen LogP contribution in [0.5, 0.6) is 0 Å². The Morgan fingerprint density at radius 3 is 2.45 bits per heavy atom. The summed E-state index contributed by atoms with van der Waals surface area (Å²) in [4.78, 5) is 16.6. The molecular weight excluding hydrogens is 280 g/mol. The van der Waals surface area contributed by atoms with Crippen LogP contribution in [0.3, 0.4) is 0 Å². The lowest BCUT2D eigenvalue weighted by Gasteiger charge is -2.04. The van der Waals surface area contributed by atoms with Gasteiger partial charge in [0.15, 0.2) is 11.6 Å². The minimum Gasteiger partial charge on any atom is -0.309 e. The molecule has 0 saturated heterocycles. The molecule has 0 aliphatic carbocycles. The Kier molecular flexibility index (Phi) is 4.63. The molecule has 2 heterocycles. The summed E-state index contributed by atoms with van der Waals surface area (Å²) in [5.74, 6) is 2.12. The Labute approximate surface area is 130 Å². The first kappa shape index (κ1) is 16.2. The number of hydrogen-bond acceptors (Lipinski definition) is 4. The summed E-state index contributed by atoms with van der Waals surface area (Å²) in [5.41, 5.74) is 0.947. The smallest absolute Gasteiger partial charge is 0.233 e. The van der Waals surface area contributed by atoms with Crippen molar-refractivity contribution in [3.63, 3.8) is 0 Å². The fraction of sp³-hybridized carbons (Fsp3) is 0.600. The fourth-order valence-corrected chi connectivity index (χ4v) is 2.03. The van der Waals surface area contributed by atoms with E-state index in [9.17, 15) is 4.79 Å². The van der Waals surface area contributed by atoms with Crippen LogP contribution in [-0.4, -0.2) is 30.5 Å². The van der Waals surface area contributed by atoms with E-state index in [0.717, 1.165) is 11.4 Å².